The van der Waals surface area contributed by atoms with E-state index in [1.165, 1.54) is 6.42 Å². The third-order valence-corrected chi connectivity index (χ3v) is 4.32. The molecule has 0 radical (unpaired) electrons. The standard InChI is InChI=1S/C15H33N3O/c1-6-15(3,11-16-7-2)12-18-10-14(19)8-13(18)9-17(4)5/h13-14,16,19H,6-12H2,1-5H3. The lowest BCUT2D eigenvalue weighted by atomic mass is 9.86. The molecule has 114 valence electrons. The summed E-state index contributed by atoms with van der Waals surface area (Å²) in [6.07, 6.45) is 1.94. The van der Waals surface area contributed by atoms with Crippen LogP contribution in [0.3, 0.4) is 0 Å². The van der Waals surface area contributed by atoms with Gasteiger partial charge >= 0.3 is 0 Å². The van der Waals surface area contributed by atoms with Crippen molar-refractivity contribution in [3.63, 3.8) is 0 Å². The van der Waals surface area contributed by atoms with Gasteiger partial charge in [0.1, 0.15) is 0 Å². The molecule has 4 heteroatoms. The van der Waals surface area contributed by atoms with Crippen molar-refractivity contribution in [3.05, 3.63) is 0 Å². The second-order valence-electron chi connectivity index (χ2n) is 6.68. The van der Waals surface area contributed by atoms with Crippen LogP contribution in [0, 0.1) is 5.41 Å². The van der Waals surface area contributed by atoms with Crippen LogP contribution in [-0.4, -0.2) is 73.9 Å². The molecule has 1 heterocycles. The fourth-order valence-corrected chi connectivity index (χ4v) is 2.97. The second kappa shape index (κ2) is 7.58. The van der Waals surface area contributed by atoms with E-state index in [0.717, 1.165) is 39.1 Å². The van der Waals surface area contributed by atoms with Crippen LogP contribution in [-0.2, 0) is 0 Å². The molecule has 1 aliphatic heterocycles. The number of nitrogens with zero attached hydrogens (tertiary/aromatic N) is 2. The van der Waals surface area contributed by atoms with Crippen molar-refractivity contribution in [1.82, 2.24) is 15.1 Å². The molecule has 19 heavy (non-hydrogen) atoms. The highest BCUT2D eigenvalue weighted by atomic mass is 16.3. The van der Waals surface area contributed by atoms with Crippen molar-refractivity contribution in [3.8, 4) is 0 Å². The van der Waals surface area contributed by atoms with Crippen LogP contribution in [0.2, 0.25) is 0 Å². The van der Waals surface area contributed by atoms with Gasteiger partial charge in [0.25, 0.3) is 0 Å². The Hall–Kier alpha value is -0.160. The zero-order valence-corrected chi connectivity index (χ0v) is 13.4. The molecule has 0 amide bonds. The maximum absolute atomic E-state index is 9.95. The molecule has 0 bridgehead atoms. The van der Waals surface area contributed by atoms with Crippen molar-refractivity contribution < 1.29 is 5.11 Å². The van der Waals surface area contributed by atoms with Gasteiger partial charge in [-0.25, -0.2) is 0 Å². The number of aliphatic hydroxyl groups excluding tert-OH is 1. The molecule has 1 rings (SSSR count). The fraction of sp³-hybridized carbons (Fsp3) is 1.00. The zero-order valence-electron chi connectivity index (χ0n) is 13.4. The molecular weight excluding hydrogens is 238 g/mol. The van der Waals surface area contributed by atoms with Crippen LogP contribution in [0.25, 0.3) is 0 Å². The molecule has 1 aliphatic rings. The summed E-state index contributed by atoms with van der Waals surface area (Å²) in [6, 6.07) is 0.498. The van der Waals surface area contributed by atoms with Crippen molar-refractivity contribution in [2.45, 2.75) is 45.8 Å². The fourth-order valence-electron chi connectivity index (χ4n) is 2.97. The molecule has 0 saturated carbocycles. The van der Waals surface area contributed by atoms with Gasteiger partial charge in [0.2, 0.25) is 0 Å². The number of rotatable bonds is 8. The second-order valence-corrected chi connectivity index (χ2v) is 6.68. The Morgan fingerprint density at radius 3 is 2.58 bits per heavy atom. The number of aliphatic hydroxyl groups is 1. The van der Waals surface area contributed by atoms with Gasteiger partial charge in [-0.2, -0.15) is 0 Å². The van der Waals surface area contributed by atoms with Crippen LogP contribution in [0.15, 0.2) is 0 Å². The molecule has 3 atom stereocenters. The molecule has 1 saturated heterocycles. The summed E-state index contributed by atoms with van der Waals surface area (Å²) >= 11 is 0. The average molecular weight is 271 g/mol. The van der Waals surface area contributed by atoms with Crippen LogP contribution in [0.5, 0.6) is 0 Å². The van der Waals surface area contributed by atoms with Crippen molar-refractivity contribution in [2.24, 2.45) is 5.41 Å². The molecule has 0 aromatic heterocycles. The molecule has 1 fully saturated rings. The van der Waals surface area contributed by atoms with Crippen molar-refractivity contribution in [2.75, 3.05) is 46.8 Å². The highest BCUT2D eigenvalue weighted by Gasteiger charge is 2.35. The van der Waals surface area contributed by atoms with Gasteiger partial charge in [-0.3, -0.25) is 4.90 Å². The Morgan fingerprint density at radius 1 is 1.37 bits per heavy atom. The lowest BCUT2D eigenvalue weighted by Gasteiger charge is -2.36. The molecule has 0 spiro atoms. The third kappa shape index (κ3) is 5.38. The van der Waals surface area contributed by atoms with E-state index in [2.05, 4.69) is 50.0 Å². The lowest BCUT2D eigenvalue weighted by molar-refractivity contribution is 0.119. The molecule has 2 N–H and O–H groups in total. The van der Waals surface area contributed by atoms with E-state index in [-0.39, 0.29) is 6.10 Å². The summed E-state index contributed by atoms with van der Waals surface area (Å²) in [4.78, 5) is 4.72. The van der Waals surface area contributed by atoms with Gasteiger partial charge in [-0.15, -0.1) is 0 Å². The molecular formula is C15H33N3O. The monoisotopic (exact) mass is 271 g/mol. The van der Waals surface area contributed by atoms with E-state index < -0.39 is 0 Å². The van der Waals surface area contributed by atoms with Crippen LogP contribution < -0.4 is 5.32 Å². The smallest absolute Gasteiger partial charge is 0.0682 e. The van der Waals surface area contributed by atoms with E-state index in [1.807, 2.05) is 0 Å². The Balaban J connectivity index is 2.60. The normalized spacial score (nSPS) is 27.9. The summed E-state index contributed by atoms with van der Waals surface area (Å²) in [7, 11) is 4.22. The Bertz CT molecular complexity index is 260. The predicted molar refractivity (Wildman–Crippen MR) is 81.5 cm³/mol. The topological polar surface area (TPSA) is 38.7 Å². The van der Waals surface area contributed by atoms with Crippen LogP contribution in [0.1, 0.15) is 33.6 Å². The predicted octanol–water partition coefficient (Wildman–Crippen LogP) is 1.01. The van der Waals surface area contributed by atoms with E-state index in [1.54, 1.807) is 0 Å². The first-order valence-corrected chi connectivity index (χ1v) is 7.67. The number of likely N-dealkylation sites (tertiary alicyclic amines) is 1. The first kappa shape index (κ1) is 16.9. The minimum Gasteiger partial charge on any atom is -0.392 e. The Labute approximate surface area is 119 Å². The maximum atomic E-state index is 9.95. The first-order chi connectivity index (χ1) is 8.90. The zero-order chi connectivity index (χ0) is 14.5. The summed E-state index contributed by atoms with van der Waals surface area (Å²) < 4.78 is 0. The highest BCUT2D eigenvalue weighted by Crippen LogP contribution is 2.27. The SMILES string of the molecule is CCNCC(C)(CC)CN1CC(O)CC1CN(C)C. The molecule has 4 nitrogen and oxygen atoms in total. The van der Waals surface area contributed by atoms with Crippen molar-refractivity contribution >= 4 is 0 Å². The van der Waals surface area contributed by atoms with Gasteiger partial charge in [0, 0.05) is 32.2 Å². The quantitative estimate of drug-likeness (QED) is 0.691. The van der Waals surface area contributed by atoms with Gasteiger partial charge < -0.3 is 15.3 Å². The molecule has 0 aromatic rings. The minimum atomic E-state index is -0.148. The molecule has 0 aromatic carbocycles. The van der Waals surface area contributed by atoms with Gasteiger partial charge in [-0.05, 0) is 38.9 Å². The Morgan fingerprint density at radius 2 is 2.05 bits per heavy atom. The minimum absolute atomic E-state index is 0.148. The number of hydrogen-bond donors (Lipinski definition) is 2. The highest BCUT2D eigenvalue weighted by molar-refractivity contribution is 4.90. The molecule has 0 aliphatic carbocycles. The van der Waals surface area contributed by atoms with E-state index in [4.69, 9.17) is 0 Å². The van der Waals surface area contributed by atoms with E-state index in [0.29, 0.717) is 11.5 Å². The number of hydrogen-bond acceptors (Lipinski definition) is 4. The number of likely N-dealkylation sites (N-methyl/N-ethyl adjacent to an activating group) is 1. The van der Waals surface area contributed by atoms with Gasteiger partial charge in [0.05, 0.1) is 6.10 Å². The maximum Gasteiger partial charge on any atom is 0.0682 e. The van der Waals surface area contributed by atoms with Crippen molar-refractivity contribution in [1.29, 1.82) is 0 Å². The Kier molecular flexibility index (Phi) is 6.74. The lowest BCUT2D eigenvalue weighted by Crippen LogP contribution is -2.46. The van der Waals surface area contributed by atoms with E-state index in [9.17, 15) is 5.11 Å². The summed E-state index contributed by atoms with van der Waals surface area (Å²) in [5.41, 5.74) is 0.296. The van der Waals surface area contributed by atoms with Gasteiger partial charge in [0.15, 0.2) is 0 Å². The summed E-state index contributed by atoms with van der Waals surface area (Å²) in [6.45, 7) is 11.8. The van der Waals surface area contributed by atoms with E-state index >= 15 is 0 Å². The third-order valence-electron chi connectivity index (χ3n) is 4.32. The molecule has 3 unspecified atom stereocenters. The summed E-state index contributed by atoms with van der Waals surface area (Å²) in [5.74, 6) is 0. The number of nitrogens with one attached hydrogen (secondary N) is 1. The van der Waals surface area contributed by atoms with Gasteiger partial charge in [-0.1, -0.05) is 20.8 Å². The van der Waals surface area contributed by atoms with Crippen LogP contribution in [0.4, 0.5) is 0 Å². The first-order valence-electron chi connectivity index (χ1n) is 7.67. The largest absolute Gasteiger partial charge is 0.392 e. The van der Waals surface area contributed by atoms with Crippen LogP contribution >= 0.6 is 0 Å². The number of β-amino-alcohol motifs (C(OH)–C–C–N with tert-alkyl or cyclic N) is 1. The summed E-state index contributed by atoms with van der Waals surface area (Å²) in [5, 5.41) is 13.4. The average Bonchev–Trinajstić information content (AvgIpc) is 2.66.